The maximum Gasteiger partial charge on any atom is 0.411 e. The van der Waals surface area contributed by atoms with E-state index < -0.39 is 12.1 Å². The van der Waals surface area contributed by atoms with Crippen LogP contribution in [0.1, 0.15) is 16.7 Å². The number of ether oxygens (including phenoxy) is 1. The Morgan fingerprint density at radius 2 is 1.51 bits per heavy atom. The Morgan fingerprint density at radius 1 is 0.914 bits per heavy atom. The first kappa shape index (κ1) is 25.8. The molecule has 9 nitrogen and oxygen atoms in total. The van der Waals surface area contributed by atoms with Crippen LogP contribution < -0.4 is 15.1 Å². The Balaban J connectivity index is 1.63. The van der Waals surface area contributed by atoms with Crippen molar-refractivity contribution in [3.05, 3.63) is 71.3 Å². The molecule has 0 saturated heterocycles. The van der Waals surface area contributed by atoms with Crippen molar-refractivity contribution in [2.24, 2.45) is 0 Å². The average molecular weight is 496 g/mol. The lowest BCUT2D eigenvalue weighted by Gasteiger charge is -2.22. The number of carbonyl (C=O) groups is 2. The Hall–Kier alpha value is -3.79. The molecule has 1 amide bonds. The minimum Gasteiger partial charge on any atom is -0.481 e. The average Bonchev–Trinajstić information content (AvgIpc) is 2.82. The number of carboxylic acid groups (broad SMARTS) is 1. The fourth-order valence-corrected chi connectivity index (χ4v) is 4.05. The number of nitrogens with one attached hydrogen (secondary N) is 1. The summed E-state index contributed by atoms with van der Waals surface area (Å²) in [5, 5.41) is 12.6. The van der Waals surface area contributed by atoms with Crippen LogP contribution in [0.3, 0.4) is 0 Å². The van der Waals surface area contributed by atoms with Gasteiger partial charge >= 0.3 is 12.1 Å². The molecule has 3 aromatic rings. The molecule has 2 N–H and O–H groups in total. The van der Waals surface area contributed by atoms with Gasteiger partial charge < -0.3 is 19.6 Å². The Bertz CT molecular complexity index is 1130. The number of nitrogens with zero attached hydrogens (tertiary/aromatic N) is 4. The maximum absolute atomic E-state index is 12.1. The van der Waals surface area contributed by atoms with Gasteiger partial charge in [-0.15, -0.1) is 0 Å². The third-order valence-corrected chi connectivity index (χ3v) is 5.82. The van der Waals surface area contributed by atoms with Crippen LogP contribution in [0.25, 0.3) is 0 Å². The second-order valence-corrected chi connectivity index (χ2v) is 9.11. The molecule has 0 atom stereocenters. The third kappa shape index (κ3) is 7.61. The maximum atomic E-state index is 12.1. The lowest BCUT2D eigenvalue weighted by Crippen LogP contribution is -2.21. The number of benzene rings is 2. The Kier molecular flexibility index (Phi) is 8.91. The van der Waals surface area contributed by atoms with Gasteiger partial charge in [-0.25, -0.2) is 14.8 Å². The van der Waals surface area contributed by atoms with Crippen LogP contribution in [0.15, 0.2) is 59.8 Å². The van der Waals surface area contributed by atoms with Gasteiger partial charge in [0.25, 0.3) is 0 Å². The molecule has 0 spiro atoms. The van der Waals surface area contributed by atoms with Crippen molar-refractivity contribution >= 4 is 41.1 Å². The van der Waals surface area contributed by atoms with Crippen molar-refractivity contribution in [1.29, 1.82) is 0 Å². The van der Waals surface area contributed by atoms with E-state index in [-0.39, 0.29) is 13.0 Å². The topological polar surface area (TPSA) is 108 Å². The molecule has 35 heavy (non-hydrogen) atoms. The lowest BCUT2D eigenvalue weighted by atomic mass is 10.2. The summed E-state index contributed by atoms with van der Waals surface area (Å²) < 4.78 is 5.25. The fourth-order valence-electron chi connectivity index (χ4n) is 3.26. The number of carboxylic acids is 1. The molecule has 1 aromatic heterocycles. The molecule has 0 saturated carbocycles. The number of thioether (sulfide) groups is 1. The Labute approximate surface area is 209 Å². The second kappa shape index (κ2) is 12.1. The van der Waals surface area contributed by atoms with Gasteiger partial charge in [-0.3, -0.25) is 10.1 Å². The van der Waals surface area contributed by atoms with Crippen molar-refractivity contribution in [3.63, 3.8) is 0 Å². The van der Waals surface area contributed by atoms with Crippen LogP contribution in [-0.2, 0) is 28.3 Å². The van der Waals surface area contributed by atoms with Crippen molar-refractivity contribution in [3.8, 4) is 0 Å². The highest BCUT2D eigenvalue weighted by Gasteiger charge is 2.20. The summed E-state index contributed by atoms with van der Waals surface area (Å²) in [7, 11) is 7.33. The van der Waals surface area contributed by atoms with E-state index in [2.05, 4.69) is 15.3 Å². The molecular weight excluding hydrogens is 466 g/mol. The number of aliphatic carboxylic acids is 1. The minimum atomic E-state index is -0.933. The quantitative estimate of drug-likeness (QED) is 0.315. The van der Waals surface area contributed by atoms with Gasteiger partial charge in [0.15, 0.2) is 5.16 Å². The zero-order chi connectivity index (χ0) is 25.4. The highest BCUT2D eigenvalue weighted by molar-refractivity contribution is 7.98. The molecular formula is C25H29N5O4S. The highest BCUT2D eigenvalue weighted by Crippen LogP contribution is 2.30. The summed E-state index contributed by atoms with van der Waals surface area (Å²) in [6.45, 7) is 0.205. The van der Waals surface area contributed by atoms with Crippen molar-refractivity contribution in [1.82, 2.24) is 9.97 Å². The number of hydrogen-bond donors (Lipinski definition) is 2. The SMILES string of the molecule is CN(C)c1nc(SCc2ccc(NC(=O)OCc3ccccc3)cc2)nc(N(C)C)c1CC(=O)O. The molecule has 0 aliphatic carbocycles. The summed E-state index contributed by atoms with van der Waals surface area (Å²) in [5.41, 5.74) is 3.15. The van der Waals surface area contributed by atoms with Crippen LogP contribution in [0.2, 0.25) is 0 Å². The van der Waals surface area contributed by atoms with Crippen LogP contribution in [0.4, 0.5) is 22.1 Å². The largest absolute Gasteiger partial charge is 0.481 e. The molecule has 0 unspecified atom stereocenters. The molecule has 2 aromatic carbocycles. The number of rotatable bonds is 10. The predicted octanol–water partition coefficient (Wildman–Crippen LogP) is 4.28. The molecule has 1 heterocycles. The molecule has 10 heteroatoms. The van der Waals surface area contributed by atoms with E-state index in [9.17, 15) is 14.7 Å². The van der Waals surface area contributed by atoms with E-state index in [1.807, 2.05) is 82.8 Å². The van der Waals surface area contributed by atoms with Gasteiger partial charge in [-0.2, -0.15) is 0 Å². The van der Waals surface area contributed by atoms with E-state index in [4.69, 9.17) is 4.74 Å². The molecule has 184 valence electrons. The zero-order valence-electron chi connectivity index (χ0n) is 20.2. The molecule has 0 bridgehead atoms. The standard InChI is InChI=1S/C25H29N5O4S/c1-29(2)22-20(14-21(31)32)23(30(3)4)28-24(27-22)35-16-18-10-12-19(13-11-18)26-25(33)34-15-17-8-6-5-7-9-17/h5-13H,14-16H2,1-4H3,(H,26,33)(H,31,32). The van der Waals surface area contributed by atoms with Crippen LogP contribution in [0, 0.1) is 0 Å². The molecule has 3 rings (SSSR count). The molecule has 0 aliphatic heterocycles. The van der Waals surface area contributed by atoms with Gasteiger partial charge in [0.2, 0.25) is 0 Å². The number of aromatic nitrogens is 2. The first-order chi connectivity index (χ1) is 16.7. The van der Waals surface area contributed by atoms with E-state index in [0.29, 0.717) is 33.8 Å². The van der Waals surface area contributed by atoms with Gasteiger partial charge in [0.1, 0.15) is 18.2 Å². The summed E-state index contributed by atoms with van der Waals surface area (Å²) in [4.78, 5) is 36.2. The van der Waals surface area contributed by atoms with Gasteiger partial charge in [-0.05, 0) is 23.3 Å². The lowest BCUT2D eigenvalue weighted by molar-refractivity contribution is -0.136. The van der Waals surface area contributed by atoms with Crippen LogP contribution in [0.5, 0.6) is 0 Å². The predicted molar refractivity (Wildman–Crippen MR) is 138 cm³/mol. The van der Waals surface area contributed by atoms with Crippen LogP contribution in [-0.4, -0.2) is 55.3 Å². The second-order valence-electron chi connectivity index (χ2n) is 8.16. The first-order valence-corrected chi connectivity index (χ1v) is 11.9. The summed E-state index contributed by atoms with van der Waals surface area (Å²) >= 11 is 1.45. The highest BCUT2D eigenvalue weighted by atomic mass is 32.2. The van der Waals surface area contributed by atoms with Gasteiger partial charge in [-0.1, -0.05) is 54.2 Å². The Morgan fingerprint density at radius 3 is 2.06 bits per heavy atom. The van der Waals surface area contributed by atoms with E-state index in [1.165, 1.54) is 11.8 Å². The number of carbonyl (C=O) groups excluding carboxylic acids is 1. The number of anilines is 3. The molecule has 0 aliphatic rings. The van der Waals surface area contributed by atoms with Crippen LogP contribution >= 0.6 is 11.8 Å². The summed E-state index contributed by atoms with van der Waals surface area (Å²) in [6.07, 6.45) is -0.674. The van der Waals surface area contributed by atoms with Crippen molar-refractivity contribution < 1.29 is 19.4 Å². The summed E-state index contributed by atoms with van der Waals surface area (Å²) in [5.74, 6) is 0.846. The molecule has 0 radical (unpaired) electrons. The number of amides is 1. The number of hydrogen-bond acceptors (Lipinski definition) is 8. The zero-order valence-corrected chi connectivity index (χ0v) is 21.0. The minimum absolute atomic E-state index is 0.159. The smallest absolute Gasteiger partial charge is 0.411 e. The van der Waals surface area contributed by atoms with Gasteiger partial charge in [0.05, 0.1) is 6.42 Å². The van der Waals surface area contributed by atoms with Crippen molar-refractivity contribution in [2.45, 2.75) is 23.9 Å². The van der Waals surface area contributed by atoms with Gasteiger partial charge in [0, 0.05) is 45.2 Å². The monoisotopic (exact) mass is 495 g/mol. The molecule has 0 fully saturated rings. The normalized spacial score (nSPS) is 10.5. The first-order valence-electron chi connectivity index (χ1n) is 10.9. The third-order valence-electron chi connectivity index (χ3n) is 4.90. The van der Waals surface area contributed by atoms with E-state index >= 15 is 0 Å². The summed E-state index contributed by atoms with van der Waals surface area (Å²) in [6, 6.07) is 16.9. The van der Waals surface area contributed by atoms with E-state index in [0.717, 1.165) is 11.1 Å². The fraction of sp³-hybridized carbons (Fsp3) is 0.280. The van der Waals surface area contributed by atoms with Crippen molar-refractivity contribution in [2.75, 3.05) is 43.3 Å². The van der Waals surface area contributed by atoms with E-state index in [1.54, 1.807) is 9.80 Å².